The summed E-state index contributed by atoms with van der Waals surface area (Å²) in [6.45, 7) is 2.58. The first-order chi connectivity index (χ1) is 10.7. The highest BCUT2D eigenvalue weighted by Gasteiger charge is 2.28. The first-order valence-corrected chi connectivity index (χ1v) is 7.84. The number of rotatable bonds is 4. The molecule has 1 aliphatic heterocycles. The zero-order valence-electron chi connectivity index (χ0n) is 12.0. The molecule has 3 rings (SSSR count). The van der Waals surface area contributed by atoms with E-state index in [2.05, 4.69) is 26.2 Å². The second-order valence-electron chi connectivity index (χ2n) is 4.90. The largest absolute Gasteiger partial charge is 0.494 e. The molecule has 4 nitrogen and oxygen atoms in total. The Bertz CT molecular complexity index is 726. The van der Waals surface area contributed by atoms with Gasteiger partial charge in [-0.3, -0.25) is 9.79 Å². The van der Waals surface area contributed by atoms with Crippen LogP contribution in [0.2, 0.25) is 0 Å². The number of anilines is 1. The summed E-state index contributed by atoms with van der Waals surface area (Å²) in [7, 11) is 0. The van der Waals surface area contributed by atoms with Crippen molar-refractivity contribution in [3.63, 3.8) is 0 Å². The van der Waals surface area contributed by atoms with Crippen molar-refractivity contribution in [2.45, 2.75) is 12.8 Å². The Morgan fingerprint density at radius 2 is 2.05 bits per heavy atom. The molecule has 1 aliphatic rings. The molecule has 0 spiro atoms. The van der Waals surface area contributed by atoms with Gasteiger partial charge in [-0.2, -0.15) is 0 Å². The highest BCUT2D eigenvalue weighted by atomic mass is 79.9. The van der Waals surface area contributed by atoms with Crippen LogP contribution in [0.4, 0.5) is 11.4 Å². The van der Waals surface area contributed by atoms with E-state index < -0.39 is 0 Å². The minimum absolute atomic E-state index is 0.0530. The number of nitrogens with zero attached hydrogens (tertiary/aromatic N) is 1. The van der Waals surface area contributed by atoms with Crippen LogP contribution in [0.1, 0.15) is 18.4 Å². The predicted octanol–water partition coefficient (Wildman–Crippen LogP) is 4.29. The Morgan fingerprint density at radius 1 is 1.27 bits per heavy atom. The van der Waals surface area contributed by atoms with Gasteiger partial charge in [-0.15, -0.1) is 0 Å². The summed E-state index contributed by atoms with van der Waals surface area (Å²) in [5, 5.41) is 2.87. The molecule has 112 valence electrons. The average molecular weight is 359 g/mol. The van der Waals surface area contributed by atoms with Gasteiger partial charge in [0.05, 0.1) is 12.3 Å². The van der Waals surface area contributed by atoms with Gasteiger partial charge in [0.2, 0.25) is 5.91 Å². The Hall–Kier alpha value is -2.14. The van der Waals surface area contributed by atoms with Crippen LogP contribution in [-0.4, -0.2) is 18.7 Å². The number of amides is 1. The van der Waals surface area contributed by atoms with Crippen molar-refractivity contribution in [1.29, 1.82) is 0 Å². The van der Waals surface area contributed by atoms with Gasteiger partial charge < -0.3 is 10.1 Å². The van der Waals surface area contributed by atoms with Crippen molar-refractivity contribution in [2.24, 2.45) is 4.99 Å². The average Bonchev–Trinajstić information content (AvgIpc) is 2.81. The number of benzene rings is 2. The lowest BCUT2D eigenvalue weighted by atomic mass is 10.0. The molecule has 5 heteroatoms. The van der Waals surface area contributed by atoms with E-state index in [0.717, 1.165) is 27.2 Å². The van der Waals surface area contributed by atoms with Crippen molar-refractivity contribution < 1.29 is 9.53 Å². The maximum absolute atomic E-state index is 12.1. The van der Waals surface area contributed by atoms with Gasteiger partial charge in [0, 0.05) is 16.4 Å². The van der Waals surface area contributed by atoms with E-state index in [-0.39, 0.29) is 11.8 Å². The molecule has 1 N–H and O–H groups in total. The lowest BCUT2D eigenvalue weighted by molar-refractivity contribution is -0.115. The summed E-state index contributed by atoms with van der Waals surface area (Å²) < 4.78 is 6.33. The fourth-order valence-corrected chi connectivity index (χ4v) is 2.72. The Balaban J connectivity index is 1.79. The molecular formula is C17H15BrN2O2. The molecule has 0 bridgehead atoms. The second kappa shape index (κ2) is 6.32. The summed E-state index contributed by atoms with van der Waals surface area (Å²) in [6.07, 6.45) is 1.69. The van der Waals surface area contributed by atoms with Gasteiger partial charge in [0.15, 0.2) is 0 Å². The third kappa shape index (κ3) is 3.04. The monoisotopic (exact) mass is 358 g/mol. The molecular weight excluding hydrogens is 344 g/mol. The van der Waals surface area contributed by atoms with E-state index in [1.54, 1.807) is 6.21 Å². The number of carbonyl (C=O) groups is 1. The van der Waals surface area contributed by atoms with Crippen molar-refractivity contribution in [3.05, 3.63) is 52.5 Å². The number of nitrogens with one attached hydrogen (secondary N) is 1. The predicted molar refractivity (Wildman–Crippen MR) is 91.3 cm³/mol. The van der Waals surface area contributed by atoms with Crippen molar-refractivity contribution in [1.82, 2.24) is 0 Å². The van der Waals surface area contributed by atoms with Crippen LogP contribution in [-0.2, 0) is 4.79 Å². The highest BCUT2D eigenvalue weighted by molar-refractivity contribution is 9.10. The number of aliphatic imine (C=N–C) groups is 1. The van der Waals surface area contributed by atoms with Gasteiger partial charge in [0.1, 0.15) is 11.7 Å². The smallest absolute Gasteiger partial charge is 0.237 e. The molecule has 0 aliphatic carbocycles. The number of ether oxygens (including phenoxy) is 1. The molecule has 2 aromatic rings. The topological polar surface area (TPSA) is 50.7 Å². The van der Waals surface area contributed by atoms with E-state index in [1.165, 1.54) is 0 Å². The molecule has 0 aromatic heterocycles. The van der Waals surface area contributed by atoms with Gasteiger partial charge in [0.25, 0.3) is 0 Å². The van der Waals surface area contributed by atoms with E-state index in [4.69, 9.17) is 4.74 Å². The minimum atomic E-state index is -0.352. The molecule has 0 fully saturated rings. The second-order valence-corrected chi connectivity index (χ2v) is 5.82. The molecule has 1 unspecified atom stereocenters. The summed E-state index contributed by atoms with van der Waals surface area (Å²) in [5.41, 5.74) is 2.58. The van der Waals surface area contributed by atoms with Crippen LogP contribution in [0.25, 0.3) is 0 Å². The summed E-state index contributed by atoms with van der Waals surface area (Å²) in [6, 6.07) is 13.3. The molecule has 2 aromatic carbocycles. The third-order valence-electron chi connectivity index (χ3n) is 3.41. The van der Waals surface area contributed by atoms with Crippen molar-refractivity contribution in [3.8, 4) is 5.75 Å². The molecule has 1 atom stereocenters. The number of hydrogen-bond donors (Lipinski definition) is 1. The van der Waals surface area contributed by atoms with Crippen LogP contribution in [0, 0.1) is 0 Å². The number of hydrogen-bond acceptors (Lipinski definition) is 3. The highest BCUT2D eigenvalue weighted by Crippen LogP contribution is 2.34. The zero-order chi connectivity index (χ0) is 15.5. The molecule has 1 heterocycles. The quantitative estimate of drug-likeness (QED) is 0.829. The minimum Gasteiger partial charge on any atom is -0.494 e. The zero-order valence-corrected chi connectivity index (χ0v) is 13.6. The summed E-state index contributed by atoms with van der Waals surface area (Å²) in [4.78, 5) is 16.5. The standard InChI is InChI=1S/C17H15BrN2O2/c1-2-22-13-6-4-12(5-7-13)19-10-15-14-8-3-11(18)9-16(14)20-17(15)21/h3-10,15H,2H2,1H3,(H,20,21). The summed E-state index contributed by atoms with van der Waals surface area (Å²) in [5.74, 6) is 0.410. The fourth-order valence-electron chi connectivity index (χ4n) is 2.36. The lowest BCUT2D eigenvalue weighted by Crippen LogP contribution is -2.12. The van der Waals surface area contributed by atoms with Crippen LogP contribution in [0.15, 0.2) is 51.9 Å². The fraction of sp³-hybridized carbons (Fsp3) is 0.176. The molecule has 1 amide bonds. The van der Waals surface area contributed by atoms with Gasteiger partial charge in [-0.05, 0) is 48.9 Å². The van der Waals surface area contributed by atoms with Crippen molar-refractivity contribution >= 4 is 39.4 Å². The third-order valence-corrected chi connectivity index (χ3v) is 3.90. The Kier molecular flexibility index (Phi) is 4.24. The van der Waals surface area contributed by atoms with Gasteiger partial charge in [-0.25, -0.2) is 0 Å². The first kappa shape index (κ1) is 14.8. The SMILES string of the molecule is CCOc1ccc(N=CC2C(=O)Nc3cc(Br)ccc32)cc1. The van der Waals surface area contributed by atoms with E-state index in [9.17, 15) is 4.79 Å². The van der Waals surface area contributed by atoms with Crippen LogP contribution in [0.3, 0.4) is 0 Å². The maximum atomic E-state index is 12.1. The van der Waals surface area contributed by atoms with Crippen molar-refractivity contribution in [2.75, 3.05) is 11.9 Å². The van der Waals surface area contributed by atoms with Gasteiger partial charge >= 0.3 is 0 Å². The lowest BCUT2D eigenvalue weighted by Gasteiger charge is -2.04. The van der Waals surface area contributed by atoms with Crippen LogP contribution >= 0.6 is 15.9 Å². The first-order valence-electron chi connectivity index (χ1n) is 7.04. The number of halogens is 1. The van der Waals surface area contributed by atoms with E-state index in [0.29, 0.717) is 6.61 Å². The normalized spacial score (nSPS) is 16.6. The van der Waals surface area contributed by atoms with Gasteiger partial charge in [-0.1, -0.05) is 22.0 Å². The molecule has 0 saturated heterocycles. The number of carbonyl (C=O) groups excluding carboxylic acids is 1. The van der Waals surface area contributed by atoms with Crippen LogP contribution in [0.5, 0.6) is 5.75 Å². The number of fused-ring (bicyclic) bond motifs is 1. The molecule has 0 radical (unpaired) electrons. The molecule has 0 saturated carbocycles. The molecule has 22 heavy (non-hydrogen) atoms. The summed E-state index contributed by atoms with van der Waals surface area (Å²) >= 11 is 3.40. The maximum Gasteiger partial charge on any atom is 0.237 e. The van der Waals surface area contributed by atoms with E-state index in [1.807, 2.05) is 49.4 Å². The van der Waals surface area contributed by atoms with Crippen LogP contribution < -0.4 is 10.1 Å². The Labute approximate surface area is 137 Å². The Morgan fingerprint density at radius 3 is 2.77 bits per heavy atom. The van der Waals surface area contributed by atoms with E-state index >= 15 is 0 Å².